The lowest BCUT2D eigenvalue weighted by atomic mass is 9.85. The summed E-state index contributed by atoms with van der Waals surface area (Å²) in [7, 11) is 0. The van der Waals surface area contributed by atoms with Gasteiger partial charge >= 0.3 is 0 Å². The lowest BCUT2D eigenvalue weighted by molar-refractivity contribution is 1.04. The maximum Gasteiger partial charge on any atom is 0.0310 e. The normalized spacial score (nSPS) is 14.8. The average molecular weight is 205 g/mol. The van der Waals surface area contributed by atoms with E-state index in [9.17, 15) is 0 Å². The van der Waals surface area contributed by atoms with Gasteiger partial charge in [0.2, 0.25) is 0 Å². The summed E-state index contributed by atoms with van der Waals surface area (Å²) in [5.41, 5.74) is 4.10. The van der Waals surface area contributed by atoms with Gasteiger partial charge in [-0.05, 0) is 23.1 Å². The van der Waals surface area contributed by atoms with Crippen LogP contribution in [0.5, 0.6) is 0 Å². The first kappa shape index (κ1) is 9.41. The van der Waals surface area contributed by atoms with Crippen molar-refractivity contribution in [3.8, 4) is 0 Å². The predicted octanol–water partition coefficient (Wildman–Crippen LogP) is 3.88. The van der Waals surface area contributed by atoms with Crippen molar-refractivity contribution in [1.29, 1.82) is 0 Å². The highest BCUT2D eigenvalue weighted by atomic mass is 14.2. The minimum Gasteiger partial charge on any atom is -0.0718 e. The molecule has 1 aliphatic carbocycles. The first-order valence-electron chi connectivity index (χ1n) is 5.61. The Kier molecular flexibility index (Phi) is 2.34. The molecule has 0 atom stereocenters. The molecule has 0 aromatic heterocycles. The number of benzene rings is 2. The molecule has 0 aliphatic heterocycles. The van der Waals surface area contributed by atoms with E-state index < -0.39 is 0 Å². The van der Waals surface area contributed by atoms with Crippen LogP contribution in [-0.4, -0.2) is 0 Å². The number of allylic oxidation sites excluding steroid dienone is 1. The van der Waals surface area contributed by atoms with Crippen molar-refractivity contribution in [2.75, 3.05) is 0 Å². The van der Waals surface area contributed by atoms with Crippen LogP contribution in [0.1, 0.15) is 16.7 Å². The highest BCUT2D eigenvalue weighted by Gasteiger charge is 2.14. The van der Waals surface area contributed by atoms with Crippen LogP contribution in [0.25, 0.3) is 6.08 Å². The fourth-order valence-corrected chi connectivity index (χ4v) is 2.16. The van der Waals surface area contributed by atoms with E-state index in [0.717, 1.165) is 6.42 Å². The van der Waals surface area contributed by atoms with Gasteiger partial charge in [0.05, 0.1) is 0 Å². The monoisotopic (exact) mass is 205 g/mol. The predicted molar refractivity (Wildman–Crippen MR) is 68.0 cm³/mol. The molecule has 2 aromatic carbocycles. The van der Waals surface area contributed by atoms with Crippen LogP contribution in [0.2, 0.25) is 0 Å². The minimum absolute atomic E-state index is 1.04. The van der Waals surface area contributed by atoms with Crippen molar-refractivity contribution >= 4 is 6.08 Å². The molecule has 0 saturated heterocycles. The number of hydrogen-bond donors (Lipinski definition) is 0. The Hall–Kier alpha value is -1.82. The molecule has 0 unspecified atom stereocenters. The van der Waals surface area contributed by atoms with Gasteiger partial charge in [0, 0.05) is 5.92 Å². The Balaban J connectivity index is 1.95. The Morgan fingerprint density at radius 1 is 0.688 bits per heavy atom. The van der Waals surface area contributed by atoms with Crippen LogP contribution in [-0.2, 0) is 6.42 Å². The van der Waals surface area contributed by atoms with Gasteiger partial charge in [-0.3, -0.25) is 0 Å². The average Bonchev–Trinajstić information content (AvgIpc) is 2.39. The highest BCUT2D eigenvalue weighted by molar-refractivity contribution is 5.63. The molecule has 1 aliphatic rings. The minimum atomic E-state index is 1.04. The van der Waals surface area contributed by atoms with Gasteiger partial charge in [0.15, 0.2) is 0 Å². The largest absolute Gasteiger partial charge is 0.0718 e. The second kappa shape index (κ2) is 3.97. The molecule has 2 aromatic rings. The molecule has 0 saturated carbocycles. The molecule has 77 valence electrons. The first-order chi connectivity index (χ1) is 7.93. The third-order valence-electron chi connectivity index (χ3n) is 3.04. The summed E-state index contributed by atoms with van der Waals surface area (Å²) in [5, 5.41) is 0. The van der Waals surface area contributed by atoms with Gasteiger partial charge < -0.3 is 0 Å². The molecule has 0 heteroatoms. The summed E-state index contributed by atoms with van der Waals surface area (Å²) in [4.78, 5) is 0. The lowest BCUT2D eigenvalue weighted by Gasteiger charge is -2.18. The van der Waals surface area contributed by atoms with Crippen molar-refractivity contribution < 1.29 is 0 Å². The SMILES string of the molecule is C1=Cc2ccccc2C[C]1c1ccccc1. The van der Waals surface area contributed by atoms with Crippen molar-refractivity contribution in [3.63, 3.8) is 0 Å². The van der Waals surface area contributed by atoms with Gasteiger partial charge in [0.25, 0.3) is 0 Å². The molecule has 0 spiro atoms. The van der Waals surface area contributed by atoms with E-state index in [-0.39, 0.29) is 0 Å². The number of hydrogen-bond acceptors (Lipinski definition) is 0. The van der Waals surface area contributed by atoms with E-state index in [4.69, 9.17) is 0 Å². The Morgan fingerprint density at radius 2 is 1.44 bits per heavy atom. The summed E-state index contributed by atoms with van der Waals surface area (Å²) in [5.74, 6) is 1.40. The van der Waals surface area contributed by atoms with E-state index in [1.165, 1.54) is 22.6 Å². The molecule has 3 rings (SSSR count). The van der Waals surface area contributed by atoms with E-state index in [1.54, 1.807) is 0 Å². The number of fused-ring (bicyclic) bond motifs is 1. The third kappa shape index (κ3) is 1.67. The standard InChI is InChI=1S/C16H13/c1-2-6-13(7-3-1)16-11-10-14-8-4-5-9-15(14)12-16/h1-11H,12H2. The maximum atomic E-state index is 2.23. The molecular weight excluding hydrogens is 192 g/mol. The highest BCUT2D eigenvalue weighted by Crippen LogP contribution is 2.28. The van der Waals surface area contributed by atoms with E-state index in [1.807, 2.05) is 0 Å². The molecule has 0 bridgehead atoms. The Labute approximate surface area is 96.3 Å². The molecule has 16 heavy (non-hydrogen) atoms. The number of rotatable bonds is 1. The van der Waals surface area contributed by atoms with Crippen molar-refractivity contribution in [2.24, 2.45) is 0 Å². The van der Waals surface area contributed by atoms with Crippen LogP contribution in [0.15, 0.2) is 60.7 Å². The summed E-state index contributed by atoms with van der Waals surface area (Å²) < 4.78 is 0. The smallest absolute Gasteiger partial charge is 0.0310 e. The summed E-state index contributed by atoms with van der Waals surface area (Å²) in [6, 6.07) is 19.2. The Bertz CT molecular complexity index is 509. The molecule has 0 heterocycles. The zero-order valence-corrected chi connectivity index (χ0v) is 9.06. The zero-order valence-electron chi connectivity index (χ0n) is 9.06. The first-order valence-corrected chi connectivity index (χ1v) is 5.61. The van der Waals surface area contributed by atoms with Crippen LogP contribution in [0.3, 0.4) is 0 Å². The quantitative estimate of drug-likeness (QED) is 0.662. The second-order valence-electron chi connectivity index (χ2n) is 4.10. The van der Waals surface area contributed by atoms with Crippen LogP contribution in [0, 0.1) is 5.92 Å². The molecule has 0 N–H and O–H groups in total. The van der Waals surface area contributed by atoms with Crippen molar-refractivity contribution in [1.82, 2.24) is 0 Å². The third-order valence-corrected chi connectivity index (χ3v) is 3.04. The molecule has 1 radical (unpaired) electrons. The summed E-state index contributed by atoms with van der Waals surface area (Å²) in [6.45, 7) is 0. The molecular formula is C16H13. The fourth-order valence-electron chi connectivity index (χ4n) is 2.16. The fraction of sp³-hybridized carbons (Fsp3) is 0.0625. The molecule has 0 fully saturated rings. The summed E-state index contributed by atoms with van der Waals surface area (Å²) >= 11 is 0. The van der Waals surface area contributed by atoms with E-state index in [0.29, 0.717) is 0 Å². The molecule has 0 amide bonds. The zero-order chi connectivity index (χ0) is 10.8. The van der Waals surface area contributed by atoms with Gasteiger partial charge in [-0.1, -0.05) is 66.7 Å². The molecule has 0 nitrogen and oxygen atoms in total. The van der Waals surface area contributed by atoms with Gasteiger partial charge in [-0.2, -0.15) is 0 Å². The topological polar surface area (TPSA) is 0 Å². The van der Waals surface area contributed by atoms with Gasteiger partial charge in [-0.15, -0.1) is 0 Å². The van der Waals surface area contributed by atoms with Gasteiger partial charge in [0.1, 0.15) is 0 Å². The maximum absolute atomic E-state index is 2.23. The van der Waals surface area contributed by atoms with Crippen LogP contribution < -0.4 is 0 Å². The van der Waals surface area contributed by atoms with Crippen molar-refractivity contribution in [3.05, 3.63) is 83.3 Å². The van der Waals surface area contributed by atoms with Crippen LogP contribution in [0.4, 0.5) is 0 Å². The van der Waals surface area contributed by atoms with Crippen molar-refractivity contribution in [2.45, 2.75) is 6.42 Å². The second-order valence-corrected chi connectivity index (χ2v) is 4.10. The lowest BCUT2D eigenvalue weighted by Crippen LogP contribution is -2.06. The van der Waals surface area contributed by atoms with Gasteiger partial charge in [-0.25, -0.2) is 0 Å². The summed E-state index contributed by atoms with van der Waals surface area (Å²) in [6.07, 6.45) is 5.48. The van der Waals surface area contributed by atoms with E-state index >= 15 is 0 Å². The Morgan fingerprint density at radius 3 is 2.31 bits per heavy atom. The van der Waals surface area contributed by atoms with Crippen LogP contribution >= 0.6 is 0 Å². The van der Waals surface area contributed by atoms with E-state index in [2.05, 4.69) is 66.7 Å².